The average molecular weight is 407 g/mol. The minimum atomic E-state index is -4.83. The summed E-state index contributed by atoms with van der Waals surface area (Å²) in [6.45, 7) is 2.76. The number of ether oxygens (including phenoxy) is 1. The summed E-state index contributed by atoms with van der Waals surface area (Å²) in [6, 6.07) is 4.03. The number of hydrogen-bond acceptors (Lipinski definition) is 5. The van der Waals surface area contributed by atoms with Gasteiger partial charge < -0.3 is 9.64 Å². The van der Waals surface area contributed by atoms with Gasteiger partial charge in [0.2, 0.25) is 10.0 Å². The minimum absolute atomic E-state index is 0.134. The summed E-state index contributed by atoms with van der Waals surface area (Å²) < 4.78 is 66.9. The Kier molecular flexibility index (Phi) is 7.31. The van der Waals surface area contributed by atoms with E-state index in [4.69, 9.17) is 5.53 Å². The van der Waals surface area contributed by atoms with E-state index < -0.39 is 22.1 Å². The fraction of sp³-hybridized carbons (Fsp3) is 0.600. The number of azide groups is 1. The molecule has 8 nitrogen and oxygen atoms in total. The predicted octanol–water partition coefficient (Wildman–Crippen LogP) is 2.89. The zero-order chi connectivity index (χ0) is 19.9. The molecule has 0 unspecified atom stereocenters. The van der Waals surface area contributed by atoms with Crippen LogP contribution >= 0.6 is 0 Å². The molecule has 0 radical (unpaired) electrons. The van der Waals surface area contributed by atoms with Crippen molar-refractivity contribution in [3.8, 4) is 5.75 Å². The number of hydrogen-bond donors (Lipinski definition) is 1. The molecule has 1 aliphatic heterocycles. The molecule has 1 heterocycles. The molecule has 0 aliphatic carbocycles. The molecule has 0 aromatic heterocycles. The third-order valence-electron chi connectivity index (χ3n) is 4.20. The average Bonchev–Trinajstić information content (AvgIpc) is 2.60. The number of halogens is 3. The van der Waals surface area contributed by atoms with Crippen molar-refractivity contribution in [3.05, 3.63) is 34.7 Å². The molecular weight excluding hydrogens is 387 g/mol. The normalized spacial score (nSPS) is 16.7. The Morgan fingerprint density at radius 2 is 1.89 bits per heavy atom. The fourth-order valence-corrected chi connectivity index (χ4v) is 3.81. The maximum absolute atomic E-state index is 12.2. The molecule has 1 aromatic rings. The van der Waals surface area contributed by atoms with Crippen molar-refractivity contribution >= 4 is 10.0 Å². The summed E-state index contributed by atoms with van der Waals surface area (Å²) in [5, 5.41) is 3.57. The smallest absolute Gasteiger partial charge is 0.406 e. The molecule has 150 valence electrons. The summed E-state index contributed by atoms with van der Waals surface area (Å²) in [7, 11) is -3.81. The lowest BCUT2D eigenvalue weighted by Gasteiger charge is -2.31. The third kappa shape index (κ3) is 7.25. The highest BCUT2D eigenvalue weighted by atomic mass is 32.2. The molecule has 2 rings (SSSR count). The van der Waals surface area contributed by atoms with E-state index in [0.29, 0.717) is 19.0 Å². The number of alkyl halides is 3. The number of likely N-dealkylation sites (tertiary alicyclic amines) is 1. The molecule has 0 amide bonds. The molecule has 1 fully saturated rings. The van der Waals surface area contributed by atoms with Crippen LogP contribution in [0.4, 0.5) is 13.2 Å². The van der Waals surface area contributed by atoms with Crippen molar-refractivity contribution in [1.29, 1.82) is 0 Å². The van der Waals surface area contributed by atoms with Crippen molar-refractivity contribution in [2.45, 2.75) is 24.1 Å². The van der Waals surface area contributed by atoms with E-state index >= 15 is 0 Å². The van der Waals surface area contributed by atoms with Crippen molar-refractivity contribution in [1.82, 2.24) is 9.62 Å². The maximum Gasteiger partial charge on any atom is 0.573 e. The Morgan fingerprint density at radius 3 is 2.44 bits per heavy atom. The van der Waals surface area contributed by atoms with Crippen LogP contribution in [-0.4, -0.2) is 52.4 Å². The van der Waals surface area contributed by atoms with Gasteiger partial charge in [-0.1, -0.05) is 5.11 Å². The lowest BCUT2D eigenvalue weighted by Crippen LogP contribution is -2.40. The van der Waals surface area contributed by atoms with Crippen molar-refractivity contribution < 1.29 is 26.3 Å². The molecule has 12 heteroatoms. The highest BCUT2D eigenvalue weighted by Crippen LogP contribution is 2.24. The van der Waals surface area contributed by atoms with E-state index in [0.717, 1.165) is 50.2 Å². The van der Waals surface area contributed by atoms with Crippen LogP contribution in [0.25, 0.3) is 10.4 Å². The molecule has 1 aliphatic rings. The first-order valence-corrected chi connectivity index (χ1v) is 9.76. The maximum atomic E-state index is 12.2. The van der Waals surface area contributed by atoms with E-state index in [-0.39, 0.29) is 11.4 Å². The Morgan fingerprint density at radius 1 is 1.26 bits per heavy atom. The number of nitrogens with zero attached hydrogens (tertiary/aromatic N) is 4. The summed E-state index contributed by atoms with van der Waals surface area (Å²) in [5.41, 5.74) is 8.33. The SMILES string of the molecule is [N-]=[N+]=NCC1CCN(CCNS(=O)(=O)c2ccc(OC(F)(F)F)cc2)CC1. The fourth-order valence-electron chi connectivity index (χ4n) is 2.79. The van der Waals surface area contributed by atoms with Gasteiger partial charge >= 0.3 is 6.36 Å². The quantitative estimate of drug-likeness (QED) is 0.406. The molecule has 0 spiro atoms. The number of piperidine rings is 1. The molecule has 0 bridgehead atoms. The van der Waals surface area contributed by atoms with Crippen LogP contribution < -0.4 is 9.46 Å². The van der Waals surface area contributed by atoms with Crippen LogP contribution in [-0.2, 0) is 10.0 Å². The van der Waals surface area contributed by atoms with E-state index in [9.17, 15) is 21.6 Å². The lowest BCUT2D eigenvalue weighted by molar-refractivity contribution is -0.274. The largest absolute Gasteiger partial charge is 0.573 e. The van der Waals surface area contributed by atoms with Crippen molar-refractivity contribution in [2.24, 2.45) is 11.0 Å². The highest BCUT2D eigenvalue weighted by molar-refractivity contribution is 7.89. The van der Waals surface area contributed by atoms with Crippen LogP contribution in [0.3, 0.4) is 0 Å². The molecule has 0 saturated carbocycles. The number of rotatable bonds is 8. The summed E-state index contributed by atoms with van der Waals surface area (Å²) >= 11 is 0. The lowest BCUT2D eigenvalue weighted by atomic mass is 9.97. The van der Waals surface area contributed by atoms with Gasteiger partial charge in [-0.05, 0) is 61.6 Å². The standard InChI is InChI=1S/C15H20F3N5O3S/c16-15(17,18)26-13-1-3-14(4-2-13)27(24,25)21-7-10-23-8-5-12(6-9-23)11-20-22-19/h1-4,12,21H,5-11H2. The van der Waals surface area contributed by atoms with E-state index in [1.807, 2.05) is 0 Å². The Bertz CT molecular complexity index is 756. The Labute approximate surface area is 155 Å². The first-order valence-electron chi connectivity index (χ1n) is 8.28. The van der Waals surface area contributed by atoms with Gasteiger partial charge in [0.15, 0.2) is 0 Å². The molecule has 27 heavy (non-hydrogen) atoms. The van der Waals surface area contributed by atoms with Gasteiger partial charge in [-0.3, -0.25) is 0 Å². The number of sulfonamides is 1. The van der Waals surface area contributed by atoms with Gasteiger partial charge in [-0.15, -0.1) is 13.2 Å². The van der Waals surface area contributed by atoms with Gasteiger partial charge in [0.1, 0.15) is 5.75 Å². The molecule has 1 N–H and O–H groups in total. The summed E-state index contributed by atoms with van der Waals surface area (Å²) in [6.07, 6.45) is -3.06. The molecular formula is C15H20F3N5O3S. The second kappa shape index (κ2) is 9.27. The van der Waals surface area contributed by atoms with Crippen LogP contribution in [0, 0.1) is 5.92 Å². The summed E-state index contributed by atoms with van der Waals surface area (Å²) in [4.78, 5) is 4.72. The first kappa shape index (κ1) is 21.3. The van der Waals surface area contributed by atoms with Crippen LogP contribution in [0.15, 0.2) is 34.3 Å². The number of nitrogens with one attached hydrogen (secondary N) is 1. The third-order valence-corrected chi connectivity index (χ3v) is 5.67. The zero-order valence-corrected chi connectivity index (χ0v) is 15.2. The predicted molar refractivity (Wildman–Crippen MR) is 91.5 cm³/mol. The first-order chi connectivity index (χ1) is 12.7. The van der Waals surface area contributed by atoms with Gasteiger partial charge in [-0.25, -0.2) is 13.1 Å². The molecule has 0 atom stereocenters. The van der Waals surface area contributed by atoms with Crippen LogP contribution in [0.5, 0.6) is 5.75 Å². The van der Waals surface area contributed by atoms with Crippen LogP contribution in [0.2, 0.25) is 0 Å². The Hall–Kier alpha value is -2.01. The van der Waals surface area contributed by atoms with E-state index in [2.05, 4.69) is 24.4 Å². The van der Waals surface area contributed by atoms with Crippen LogP contribution in [0.1, 0.15) is 12.8 Å². The minimum Gasteiger partial charge on any atom is -0.406 e. The van der Waals surface area contributed by atoms with E-state index in [1.165, 1.54) is 0 Å². The molecule has 1 aromatic carbocycles. The topological polar surface area (TPSA) is 107 Å². The van der Waals surface area contributed by atoms with Gasteiger partial charge in [-0.2, -0.15) is 0 Å². The Balaban J connectivity index is 1.79. The van der Waals surface area contributed by atoms with E-state index in [1.54, 1.807) is 0 Å². The second-order valence-electron chi connectivity index (χ2n) is 6.12. The van der Waals surface area contributed by atoms with Gasteiger partial charge in [0, 0.05) is 24.5 Å². The van der Waals surface area contributed by atoms with Crippen molar-refractivity contribution in [2.75, 3.05) is 32.7 Å². The monoisotopic (exact) mass is 407 g/mol. The van der Waals surface area contributed by atoms with Crippen molar-refractivity contribution in [3.63, 3.8) is 0 Å². The van der Waals surface area contributed by atoms with Gasteiger partial charge in [0.25, 0.3) is 0 Å². The summed E-state index contributed by atoms with van der Waals surface area (Å²) in [5.74, 6) is -0.128. The highest BCUT2D eigenvalue weighted by Gasteiger charge is 2.31. The zero-order valence-electron chi connectivity index (χ0n) is 14.4. The number of benzene rings is 1. The van der Waals surface area contributed by atoms with Gasteiger partial charge in [0.05, 0.1) is 4.90 Å². The molecule has 1 saturated heterocycles. The second-order valence-corrected chi connectivity index (χ2v) is 7.88.